The third-order valence-electron chi connectivity index (χ3n) is 6.29. The summed E-state index contributed by atoms with van der Waals surface area (Å²) < 4.78 is 11.8. The average Bonchev–Trinajstić information content (AvgIpc) is 3.25. The van der Waals surface area contributed by atoms with Crippen LogP contribution in [0.4, 0.5) is 5.69 Å². The molecule has 0 aliphatic carbocycles. The zero-order valence-corrected chi connectivity index (χ0v) is 16.9. The topological polar surface area (TPSA) is 42.0 Å². The maximum Gasteiger partial charge on any atom is 0.255 e. The van der Waals surface area contributed by atoms with Crippen LogP contribution in [-0.2, 0) is 21.5 Å². The SMILES string of the molecule is O=C(c1ccccc1N1CCOCC1)N1CCC2(CC1)OCCc1sccc12. The van der Waals surface area contributed by atoms with Gasteiger partial charge in [0.25, 0.3) is 5.91 Å². The number of morpholine rings is 1. The molecule has 1 aromatic heterocycles. The average molecular weight is 399 g/mol. The number of rotatable bonds is 2. The number of para-hydroxylation sites is 1. The normalized spacial score (nSPS) is 21.6. The van der Waals surface area contributed by atoms with E-state index in [1.807, 2.05) is 34.4 Å². The van der Waals surface area contributed by atoms with Gasteiger partial charge in [-0.05, 0) is 42.0 Å². The van der Waals surface area contributed by atoms with Gasteiger partial charge in [-0.15, -0.1) is 11.3 Å². The number of nitrogens with zero attached hydrogens (tertiary/aromatic N) is 2. The lowest BCUT2D eigenvalue weighted by Crippen LogP contribution is -2.48. The lowest BCUT2D eigenvalue weighted by Gasteiger charge is -2.44. The zero-order valence-electron chi connectivity index (χ0n) is 16.1. The number of hydrogen-bond acceptors (Lipinski definition) is 5. The Hall–Kier alpha value is -1.89. The number of carbonyl (C=O) groups excluding carboxylic acids is 1. The van der Waals surface area contributed by atoms with Gasteiger partial charge >= 0.3 is 0 Å². The third-order valence-corrected chi connectivity index (χ3v) is 7.27. The Labute approximate surface area is 169 Å². The van der Waals surface area contributed by atoms with E-state index in [0.717, 1.165) is 76.5 Å². The smallest absolute Gasteiger partial charge is 0.255 e. The standard InChI is InChI=1S/C22H26N2O3S/c25-21(17-3-1-2-4-19(17)23-11-14-26-15-12-23)24-9-7-22(8-10-24)18-6-16-28-20(18)5-13-27-22/h1-4,6,16H,5,7-15H2. The molecule has 6 heteroatoms. The van der Waals surface area contributed by atoms with Gasteiger partial charge in [-0.1, -0.05) is 12.1 Å². The number of amides is 1. The van der Waals surface area contributed by atoms with Crippen LogP contribution < -0.4 is 4.90 Å². The van der Waals surface area contributed by atoms with Crippen LogP contribution in [0.25, 0.3) is 0 Å². The van der Waals surface area contributed by atoms with E-state index in [-0.39, 0.29) is 11.5 Å². The van der Waals surface area contributed by atoms with Crippen molar-refractivity contribution in [3.8, 4) is 0 Å². The van der Waals surface area contributed by atoms with Crippen molar-refractivity contribution in [1.82, 2.24) is 4.90 Å². The molecule has 1 amide bonds. The lowest BCUT2D eigenvalue weighted by molar-refractivity contribution is -0.0926. The predicted octanol–water partition coefficient (Wildman–Crippen LogP) is 3.29. The van der Waals surface area contributed by atoms with Gasteiger partial charge in [0.15, 0.2) is 0 Å². The van der Waals surface area contributed by atoms with E-state index in [0.29, 0.717) is 0 Å². The Kier molecular flexibility index (Phi) is 4.87. The molecule has 3 aliphatic heterocycles. The first-order valence-corrected chi connectivity index (χ1v) is 11.1. The maximum absolute atomic E-state index is 13.4. The molecular weight excluding hydrogens is 372 g/mol. The van der Waals surface area contributed by atoms with Gasteiger partial charge < -0.3 is 19.3 Å². The van der Waals surface area contributed by atoms with Crippen LogP contribution in [0.2, 0.25) is 0 Å². The predicted molar refractivity (Wildman–Crippen MR) is 110 cm³/mol. The monoisotopic (exact) mass is 398 g/mol. The highest BCUT2D eigenvalue weighted by molar-refractivity contribution is 7.10. The summed E-state index contributed by atoms with van der Waals surface area (Å²) in [5, 5.41) is 2.18. The molecule has 2 saturated heterocycles. The molecule has 148 valence electrons. The van der Waals surface area contributed by atoms with Crippen molar-refractivity contribution in [1.29, 1.82) is 0 Å². The number of anilines is 1. The Morgan fingerprint density at radius 3 is 2.61 bits per heavy atom. The summed E-state index contributed by atoms with van der Waals surface area (Å²) in [5.74, 6) is 0.137. The van der Waals surface area contributed by atoms with Crippen LogP contribution in [0.15, 0.2) is 35.7 Å². The van der Waals surface area contributed by atoms with E-state index in [1.165, 1.54) is 10.4 Å². The molecular formula is C22H26N2O3S. The minimum atomic E-state index is -0.186. The van der Waals surface area contributed by atoms with Crippen LogP contribution in [-0.4, -0.2) is 56.8 Å². The van der Waals surface area contributed by atoms with Crippen molar-refractivity contribution in [3.05, 3.63) is 51.7 Å². The highest BCUT2D eigenvalue weighted by atomic mass is 32.1. The molecule has 0 saturated carbocycles. The molecule has 5 nitrogen and oxygen atoms in total. The molecule has 0 bridgehead atoms. The largest absolute Gasteiger partial charge is 0.378 e. The van der Waals surface area contributed by atoms with Crippen molar-refractivity contribution in [2.75, 3.05) is 50.9 Å². The van der Waals surface area contributed by atoms with Crippen molar-refractivity contribution in [2.45, 2.75) is 24.9 Å². The van der Waals surface area contributed by atoms with E-state index in [2.05, 4.69) is 22.4 Å². The van der Waals surface area contributed by atoms with Gasteiger partial charge in [0, 0.05) is 43.2 Å². The molecule has 4 heterocycles. The molecule has 0 N–H and O–H groups in total. The molecule has 1 spiro atoms. The number of likely N-dealkylation sites (tertiary alicyclic amines) is 1. The van der Waals surface area contributed by atoms with Gasteiger partial charge in [-0.3, -0.25) is 4.79 Å². The quantitative estimate of drug-likeness (QED) is 0.779. The van der Waals surface area contributed by atoms with Crippen molar-refractivity contribution >= 4 is 22.9 Å². The molecule has 3 aliphatic rings. The minimum Gasteiger partial charge on any atom is -0.378 e. The summed E-state index contributed by atoms with van der Waals surface area (Å²) in [5.41, 5.74) is 3.02. The fourth-order valence-electron chi connectivity index (χ4n) is 4.75. The molecule has 2 fully saturated rings. The first-order valence-electron chi connectivity index (χ1n) is 10.2. The number of hydrogen-bond donors (Lipinski definition) is 0. The van der Waals surface area contributed by atoms with Crippen LogP contribution in [0.3, 0.4) is 0 Å². The number of fused-ring (bicyclic) bond motifs is 2. The molecule has 0 radical (unpaired) electrons. The fourth-order valence-corrected chi connectivity index (χ4v) is 5.70. The van der Waals surface area contributed by atoms with Crippen molar-refractivity contribution in [3.63, 3.8) is 0 Å². The van der Waals surface area contributed by atoms with Gasteiger partial charge in [0.1, 0.15) is 0 Å². The van der Waals surface area contributed by atoms with Crippen molar-refractivity contribution < 1.29 is 14.3 Å². The first kappa shape index (κ1) is 18.2. The molecule has 5 rings (SSSR count). The molecule has 28 heavy (non-hydrogen) atoms. The Bertz CT molecular complexity index is 851. The van der Waals surface area contributed by atoms with Crippen LogP contribution in [0, 0.1) is 0 Å². The van der Waals surface area contributed by atoms with Crippen molar-refractivity contribution in [2.24, 2.45) is 0 Å². The Balaban J connectivity index is 1.34. The molecule has 1 aromatic carbocycles. The second-order valence-electron chi connectivity index (χ2n) is 7.76. The number of carbonyl (C=O) groups is 1. The van der Waals surface area contributed by atoms with E-state index in [1.54, 1.807) is 0 Å². The fraction of sp³-hybridized carbons (Fsp3) is 0.500. The first-order chi connectivity index (χ1) is 13.8. The van der Waals surface area contributed by atoms with E-state index >= 15 is 0 Å². The summed E-state index contributed by atoms with van der Waals surface area (Å²) in [6, 6.07) is 10.2. The van der Waals surface area contributed by atoms with E-state index in [4.69, 9.17) is 9.47 Å². The summed E-state index contributed by atoms with van der Waals surface area (Å²) in [6.07, 6.45) is 2.77. The van der Waals surface area contributed by atoms with E-state index in [9.17, 15) is 4.79 Å². The minimum absolute atomic E-state index is 0.137. The molecule has 2 aromatic rings. The highest BCUT2D eigenvalue weighted by Gasteiger charge is 2.42. The van der Waals surface area contributed by atoms with Gasteiger partial charge in [0.2, 0.25) is 0 Å². The zero-order chi connectivity index (χ0) is 19.0. The van der Waals surface area contributed by atoms with Gasteiger partial charge in [0.05, 0.1) is 31.0 Å². The Morgan fingerprint density at radius 1 is 1.00 bits per heavy atom. The summed E-state index contributed by atoms with van der Waals surface area (Å²) in [7, 11) is 0. The number of ether oxygens (including phenoxy) is 2. The number of thiophene rings is 1. The number of piperidine rings is 1. The lowest BCUT2D eigenvalue weighted by atomic mass is 9.82. The summed E-state index contributed by atoms with van der Waals surface area (Å²) in [6.45, 7) is 5.38. The molecule has 0 unspecified atom stereocenters. The van der Waals surface area contributed by atoms with Crippen LogP contribution in [0.5, 0.6) is 0 Å². The summed E-state index contributed by atoms with van der Waals surface area (Å²) in [4.78, 5) is 19.1. The van der Waals surface area contributed by atoms with Gasteiger partial charge in [-0.25, -0.2) is 0 Å². The van der Waals surface area contributed by atoms with Crippen LogP contribution >= 0.6 is 11.3 Å². The van der Waals surface area contributed by atoms with Gasteiger partial charge in [-0.2, -0.15) is 0 Å². The van der Waals surface area contributed by atoms with E-state index < -0.39 is 0 Å². The summed E-state index contributed by atoms with van der Waals surface area (Å²) >= 11 is 1.84. The van der Waals surface area contributed by atoms with Crippen LogP contribution in [0.1, 0.15) is 33.6 Å². The second kappa shape index (κ2) is 7.50. The second-order valence-corrected chi connectivity index (χ2v) is 8.76. The molecule has 0 atom stereocenters. The highest BCUT2D eigenvalue weighted by Crippen LogP contribution is 2.43. The number of benzene rings is 1. The third kappa shape index (κ3) is 3.13. The maximum atomic E-state index is 13.4. The Morgan fingerprint density at radius 2 is 1.79 bits per heavy atom.